The van der Waals surface area contributed by atoms with E-state index in [0.717, 1.165) is 17.3 Å². The normalized spacial score (nSPS) is 12.2. The SMILES string of the molecule is CCNC(c1ccc(Cl)cc1)c1cc(C)ccc1OCC. The largest absolute Gasteiger partial charge is 0.494 e. The molecule has 2 aromatic carbocycles. The van der Waals surface area contributed by atoms with E-state index in [-0.39, 0.29) is 6.04 Å². The first-order valence-electron chi connectivity index (χ1n) is 7.37. The molecular weight excluding hydrogens is 282 g/mol. The number of halogens is 1. The topological polar surface area (TPSA) is 21.3 Å². The van der Waals surface area contributed by atoms with E-state index in [9.17, 15) is 0 Å². The van der Waals surface area contributed by atoms with Crippen LogP contribution in [-0.4, -0.2) is 13.2 Å². The van der Waals surface area contributed by atoms with Crippen LogP contribution in [0, 0.1) is 6.92 Å². The maximum absolute atomic E-state index is 6.00. The zero-order valence-corrected chi connectivity index (χ0v) is 13.6. The van der Waals surface area contributed by atoms with Crippen LogP contribution in [0.1, 0.15) is 36.6 Å². The van der Waals surface area contributed by atoms with Crippen molar-refractivity contribution in [3.05, 3.63) is 64.2 Å². The Balaban J connectivity index is 2.46. The van der Waals surface area contributed by atoms with Crippen LogP contribution < -0.4 is 10.1 Å². The molecule has 1 N–H and O–H groups in total. The Morgan fingerprint density at radius 2 is 1.81 bits per heavy atom. The predicted molar refractivity (Wildman–Crippen MR) is 89.3 cm³/mol. The van der Waals surface area contributed by atoms with Gasteiger partial charge in [-0.15, -0.1) is 0 Å². The van der Waals surface area contributed by atoms with Crippen molar-refractivity contribution in [1.82, 2.24) is 5.32 Å². The number of nitrogens with one attached hydrogen (secondary N) is 1. The molecule has 0 aliphatic rings. The van der Waals surface area contributed by atoms with Crippen molar-refractivity contribution in [3.63, 3.8) is 0 Å². The molecule has 2 rings (SSSR count). The van der Waals surface area contributed by atoms with Crippen LogP contribution in [0.25, 0.3) is 0 Å². The van der Waals surface area contributed by atoms with Gasteiger partial charge in [-0.25, -0.2) is 0 Å². The smallest absolute Gasteiger partial charge is 0.124 e. The van der Waals surface area contributed by atoms with Crippen LogP contribution in [0.2, 0.25) is 5.02 Å². The van der Waals surface area contributed by atoms with Gasteiger partial charge in [-0.1, -0.05) is 48.4 Å². The van der Waals surface area contributed by atoms with E-state index in [0.29, 0.717) is 6.61 Å². The molecule has 1 unspecified atom stereocenters. The summed E-state index contributed by atoms with van der Waals surface area (Å²) in [4.78, 5) is 0. The zero-order chi connectivity index (χ0) is 15.2. The second-order valence-electron chi connectivity index (χ2n) is 5.02. The van der Waals surface area contributed by atoms with Gasteiger partial charge in [0.05, 0.1) is 12.6 Å². The number of ether oxygens (including phenoxy) is 1. The summed E-state index contributed by atoms with van der Waals surface area (Å²) in [6, 6.07) is 14.4. The van der Waals surface area contributed by atoms with Gasteiger partial charge in [0.25, 0.3) is 0 Å². The molecule has 0 saturated heterocycles. The van der Waals surface area contributed by atoms with E-state index < -0.39 is 0 Å². The van der Waals surface area contributed by atoms with Gasteiger partial charge in [0.1, 0.15) is 5.75 Å². The van der Waals surface area contributed by atoms with Gasteiger partial charge in [-0.3, -0.25) is 0 Å². The summed E-state index contributed by atoms with van der Waals surface area (Å²) in [7, 11) is 0. The summed E-state index contributed by atoms with van der Waals surface area (Å²) >= 11 is 6.00. The Morgan fingerprint density at radius 3 is 2.43 bits per heavy atom. The minimum atomic E-state index is 0.105. The molecule has 3 heteroatoms. The van der Waals surface area contributed by atoms with Crippen molar-refractivity contribution in [2.24, 2.45) is 0 Å². The summed E-state index contributed by atoms with van der Waals surface area (Å²) in [6.45, 7) is 7.76. The van der Waals surface area contributed by atoms with Crippen molar-refractivity contribution in [1.29, 1.82) is 0 Å². The van der Waals surface area contributed by atoms with E-state index in [1.807, 2.05) is 19.1 Å². The van der Waals surface area contributed by atoms with Crippen molar-refractivity contribution in [3.8, 4) is 5.75 Å². The lowest BCUT2D eigenvalue weighted by atomic mass is 9.96. The van der Waals surface area contributed by atoms with E-state index in [4.69, 9.17) is 16.3 Å². The number of hydrogen-bond acceptors (Lipinski definition) is 2. The summed E-state index contributed by atoms with van der Waals surface area (Å²) in [5.41, 5.74) is 3.58. The van der Waals surface area contributed by atoms with Gasteiger partial charge in [0, 0.05) is 10.6 Å². The molecular formula is C18H22ClNO. The highest BCUT2D eigenvalue weighted by Gasteiger charge is 2.17. The molecule has 0 aromatic heterocycles. The van der Waals surface area contributed by atoms with E-state index >= 15 is 0 Å². The molecule has 2 aromatic rings. The third kappa shape index (κ3) is 3.99. The van der Waals surface area contributed by atoms with Gasteiger partial charge < -0.3 is 10.1 Å². The van der Waals surface area contributed by atoms with Crippen LogP contribution in [0.4, 0.5) is 0 Å². The number of aryl methyl sites for hydroxylation is 1. The Hall–Kier alpha value is -1.51. The minimum Gasteiger partial charge on any atom is -0.494 e. The fourth-order valence-corrected chi connectivity index (χ4v) is 2.57. The van der Waals surface area contributed by atoms with Crippen molar-refractivity contribution < 1.29 is 4.74 Å². The Morgan fingerprint density at radius 1 is 1.10 bits per heavy atom. The van der Waals surface area contributed by atoms with Crippen LogP contribution in [0.5, 0.6) is 5.75 Å². The first kappa shape index (κ1) is 15.9. The molecule has 0 radical (unpaired) electrons. The summed E-state index contributed by atoms with van der Waals surface area (Å²) in [5, 5.41) is 4.29. The lowest BCUT2D eigenvalue weighted by Gasteiger charge is -2.22. The molecule has 2 nitrogen and oxygen atoms in total. The van der Waals surface area contributed by atoms with Crippen LogP contribution in [0.15, 0.2) is 42.5 Å². The van der Waals surface area contributed by atoms with Gasteiger partial charge in [0.15, 0.2) is 0 Å². The van der Waals surface area contributed by atoms with Gasteiger partial charge in [-0.05, 0) is 44.2 Å². The Kier molecular flexibility index (Phi) is 5.66. The fourth-order valence-electron chi connectivity index (χ4n) is 2.45. The molecule has 21 heavy (non-hydrogen) atoms. The van der Waals surface area contributed by atoms with Crippen molar-refractivity contribution in [2.75, 3.05) is 13.2 Å². The maximum atomic E-state index is 6.00. The van der Waals surface area contributed by atoms with Crippen LogP contribution in [0.3, 0.4) is 0 Å². The molecule has 0 saturated carbocycles. The fraction of sp³-hybridized carbons (Fsp3) is 0.333. The van der Waals surface area contributed by atoms with Gasteiger partial charge in [-0.2, -0.15) is 0 Å². The molecule has 0 fully saturated rings. The van der Waals surface area contributed by atoms with Gasteiger partial charge in [0.2, 0.25) is 0 Å². The van der Waals surface area contributed by atoms with Gasteiger partial charge >= 0.3 is 0 Å². The number of hydrogen-bond donors (Lipinski definition) is 1. The minimum absolute atomic E-state index is 0.105. The molecule has 1 atom stereocenters. The monoisotopic (exact) mass is 303 g/mol. The van der Waals surface area contributed by atoms with Crippen LogP contribution in [-0.2, 0) is 0 Å². The predicted octanol–water partition coefficient (Wildman–Crippen LogP) is 4.75. The van der Waals surface area contributed by atoms with Crippen LogP contribution >= 0.6 is 11.6 Å². The lowest BCUT2D eigenvalue weighted by molar-refractivity contribution is 0.333. The average molecular weight is 304 g/mol. The lowest BCUT2D eigenvalue weighted by Crippen LogP contribution is -2.22. The maximum Gasteiger partial charge on any atom is 0.124 e. The van der Waals surface area contributed by atoms with E-state index in [2.05, 4.69) is 49.5 Å². The second kappa shape index (κ2) is 7.48. The first-order chi connectivity index (χ1) is 10.2. The molecule has 0 spiro atoms. The summed E-state index contributed by atoms with van der Waals surface area (Å²) in [6.07, 6.45) is 0. The summed E-state index contributed by atoms with van der Waals surface area (Å²) in [5.74, 6) is 0.934. The Labute approximate surface area is 132 Å². The molecule has 0 bridgehead atoms. The highest BCUT2D eigenvalue weighted by molar-refractivity contribution is 6.30. The number of benzene rings is 2. The highest BCUT2D eigenvalue weighted by atomic mass is 35.5. The van der Waals surface area contributed by atoms with E-state index in [1.54, 1.807) is 0 Å². The molecule has 0 amide bonds. The van der Waals surface area contributed by atoms with Crippen molar-refractivity contribution in [2.45, 2.75) is 26.8 Å². The average Bonchev–Trinajstić information content (AvgIpc) is 2.48. The third-order valence-corrected chi connectivity index (χ3v) is 3.64. The quantitative estimate of drug-likeness (QED) is 0.832. The molecule has 0 aliphatic heterocycles. The Bertz CT molecular complexity index is 580. The number of rotatable bonds is 6. The first-order valence-corrected chi connectivity index (χ1v) is 7.75. The van der Waals surface area contributed by atoms with E-state index in [1.165, 1.54) is 16.7 Å². The summed E-state index contributed by atoms with van der Waals surface area (Å²) < 4.78 is 5.80. The second-order valence-corrected chi connectivity index (χ2v) is 5.45. The standard InChI is InChI=1S/C18H22ClNO/c1-4-20-18(14-7-9-15(19)10-8-14)16-12-13(3)6-11-17(16)21-5-2/h6-12,18,20H,4-5H2,1-3H3. The third-order valence-electron chi connectivity index (χ3n) is 3.39. The highest BCUT2D eigenvalue weighted by Crippen LogP contribution is 2.31. The molecule has 112 valence electrons. The zero-order valence-electron chi connectivity index (χ0n) is 12.8. The van der Waals surface area contributed by atoms with Crippen molar-refractivity contribution >= 4 is 11.6 Å². The molecule has 0 aliphatic carbocycles. The molecule has 0 heterocycles.